The fourth-order valence-corrected chi connectivity index (χ4v) is 3.11. The summed E-state index contributed by atoms with van der Waals surface area (Å²) in [4.78, 5) is 11.8. The molecule has 0 aromatic heterocycles. The van der Waals surface area contributed by atoms with E-state index in [0.717, 1.165) is 5.56 Å². The summed E-state index contributed by atoms with van der Waals surface area (Å²) < 4.78 is 5.98. The number of carbonyl (C=O) groups is 1. The fourth-order valence-electron chi connectivity index (χ4n) is 2.02. The van der Waals surface area contributed by atoms with Gasteiger partial charge in [-0.3, -0.25) is 4.79 Å². The van der Waals surface area contributed by atoms with Crippen molar-refractivity contribution in [2.45, 2.75) is 13.8 Å². The molecule has 0 radical (unpaired) electrons. The molecule has 6 nitrogen and oxygen atoms in total. The van der Waals surface area contributed by atoms with Gasteiger partial charge in [0.25, 0.3) is 5.91 Å². The van der Waals surface area contributed by atoms with Crippen LogP contribution in [-0.2, 0) is 4.79 Å². The van der Waals surface area contributed by atoms with Gasteiger partial charge in [0.05, 0.1) is 10.7 Å². The summed E-state index contributed by atoms with van der Waals surface area (Å²) in [5.74, 6) is -0.0924. The van der Waals surface area contributed by atoms with Gasteiger partial charge in [0.1, 0.15) is 21.7 Å². The zero-order chi connectivity index (χ0) is 18.6. The van der Waals surface area contributed by atoms with E-state index in [2.05, 4.69) is 42.4 Å². The fraction of sp³-hybridized carbons (Fsp3) is 0.176. The van der Waals surface area contributed by atoms with Crippen molar-refractivity contribution < 1.29 is 19.7 Å². The zero-order valence-electron chi connectivity index (χ0n) is 13.5. The summed E-state index contributed by atoms with van der Waals surface area (Å²) in [5.41, 5.74) is 4.19. The number of ether oxygens (including phenoxy) is 1. The van der Waals surface area contributed by atoms with Gasteiger partial charge in [-0.2, -0.15) is 5.10 Å². The van der Waals surface area contributed by atoms with Crippen molar-refractivity contribution in [3.8, 4) is 17.2 Å². The van der Waals surface area contributed by atoms with Gasteiger partial charge in [0, 0.05) is 5.56 Å². The Labute approximate surface area is 161 Å². The minimum atomic E-state index is -0.437. The molecular formula is C17H16Br2N2O4. The average molecular weight is 472 g/mol. The van der Waals surface area contributed by atoms with Crippen molar-refractivity contribution in [2.75, 3.05) is 6.61 Å². The van der Waals surface area contributed by atoms with E-state index in [4.69, 9.17) is 4.74 Å². The number of amides is 1. The number of aryl methyl sites for hydroxylation is 1. The van der Waals surface area contributed by atoms with Crippen LogP contribution in [0.25, 0.3) is 0 Å². The van der Waals surface area contributed by atoms with Crippen LogP contribution in [-0.4, -0.2) is 28.9 Å². The number of phenols is 2. The van der Waals surface area contributed by atoms with Crippen LogP contribution >= 0.6 is 31.9 Å². The Kier molecular flexibility index (Phi) is 6.44. The largest absolute Gasteiger partial charge is 0.506 e. The molecule has 8 heteroatoms. The lowest BCUT2D eigenvalue weighted by Crippen LogP contribution is -2.24. The van der Waals surface area contributed by atoms with Gasteiger partial charge in [0.2, 0.25) is 0 Å². The molecule has 0 saturated carbocycles. The third kappa shape index (κ3) is 4.52. The first-order valence-corrected chi connectivity index (χ1v) is 8.81. The van der Waals surface area contributed by atoms with Crippen LogP contribution in [0.2, 0.25) is 0 Å². The Morgan fingerprint density at radius 3 is 2.56 bits per heavy atom. The number of halogens is 2. The smallest absolute Gasteiger partial charge is 0.277 e. The van der Waals surface area contributed by atoms with Gasteiger partial charge in [-0.1, -0.05) is 18.2 Å². The Morgan fingerprint density at radius 1 is 1.20 bits per heavy atom. The maximum absolute atomic E-state index is 11.8. The molecule has 1 amide bonds. The molecule has 0 saturated heterocycles. The van der Waals surface area contributed by atoms with E-state index in [0.29, 0.717) is 21.3 Å². The molecule has 0 aliphatic rings. The Bertz CT molecular complexity index is 809. The number of hydrogen-bond donors (Lipinski definition) is 3. The third-order valence-corrected chi connectivity index (χ3v) is 5.17. The van der Waals surface area contributed by atoms with E-state index >= 15 is 0 Å². The number of phenolic OH excluding ortho intramolecular Hbond substituents is 2. The molecule has 132 valence electrons. The Morgan fingerprint density at radius 2 is 1.88 bits per heavy atom. The van der Waals surface area contributed by atoms with Crippen LogP contribution in [0.3, 0.4) is 0 Å². The zero-order valence-corrected chi connectivity index (χ0v) is 16.7. The van der Waals surface area contributed by atoms with Crippen LogP contribution in [0.5, 0.6) is 17.2 Å². The predicted molar refractivity (Wildman–Crippen MR) is 102 cm³/mol. The standard InChI is InChI=1S/C17H16Br2N2O4/c1-9-5-3-4-6-12(9)25-8-13(22)21-20-7-11-10(2)14(18)17(24)15(19)16(11)23/h3-7,23-24H,8H2,1-2H3,(H,21,22)/b20-7-. The van der Waals surface area contributed by atoms with Gasteiger partial charge in [-0.25, -0.2) is 5.43 Å². The van der Waals surface area contributed by atoms with Gasteiger partial charge in [-0.05, 0) is 62.9 Å². The number of para-hydroxylation sites is 1. The number of rotatable bonds is 5. The maximum atomic E-state index is 11.8. The molecule has 0 aliphatic heterocycles. The molecule has 0 bridgehead atoms. The topological polar surface area (TPSA) is 91.2 Å². The minimum absolute atomic E-state index is 0.109. The number of nitrogens with zero attached hydrogens (tertiary/aromatic N) is 1. The molecule has 2 rings (SSSR count). The van der Waals surface area contributed by atoms with Crippen molar-refractivity contribution in [3.05, 3.63) is 49.9 Å². The van der Waals surface area contributed by atoms with Crippen LogP contribution in [0.1, 0.15) is 16.7 Å². The molecule has 2 aromatic rings. The highest BCUT2D eigenvalue weighted by Gasteiger charge is 2.17. The predicted octanol–water partition coefficient (Wildman–Crippen LogP) is 3.77. The van der Waals surface area contributed by atoms with Gasteiger partial charge < -0.3 is 14.9 Å². The van der Waals surface area contributed by atoms with E-state index < -0.39 is 5.91 Å². The SMILES string of the molecule is Cc1ccccc1OCC(=O)N/N=C\c1c(C)c(Br)c(O)c(Br)c1O. The second-order valence-corrected chi connectivity index (χ2v) is 6.80. The Balaban J connectivity index is 2.02. The molecular weight excluding hydrogens is 456 g/mol. The van der Waals surface area contributed by atoms with Crippen LogP contribution in [0.15, 0.2) is 38.3 Å². The van der Waals surface area contributed by atoms with Crippen molar-refractivity contribution in [3.63, 3.8) is 0 Å². The highest BCUT2D eigenvalue weighted by molar-refractivity contribution is 9.11. The van der Waals surface area contributed by atoms with E-state index in [1.54, 1.807) is 13.0 Å². The first-order valence-electron chi connectivity index (χ1n) is 7.22. The summed E-state index contributed by atoms with van der Waals surface area (Å²) in [6.45, 7) is 3.40. The van der Waals surface area contributed by atoms with E-state index in [1.807, 2.05) is 25.1 Å². The van der Waals surface area contributed by atoms with Gasteiger partial charge in [0.15, 0.2) is 6.61 Å². The van der Waals surface area contributed by atoms with E-state index in [1.165, 1.54) is 6.21 Å². The van der Waals surface area contributed by atoms with E-state index in [9.17, 15) is 15.0 Å². The molecule has 0 aliphatic carbocycles. The minimum Gasteiger partial charge on any atom is -0.506 e. The lowest BCUT2D eigenvalue weighted by Gasteiger charge is -2.11. The third-order valence-electron chi connectivity index (χ3n) is 3.45. The number of hydrazone groups is 1. The summed E-state index contributed by atoms with van der Waals surface area (Å²) in [5, 5.41) is 23.7. The molecule has 0 fully saturated rings. The van der Waals surface area contributed by atoms with Crippen molar-refractivity contribution in [2.24, 2.45) is 5.10 Å². The number of aromatic hydroxyl groups is 2. The molecule has 0 atom stereocenters. The highest BCUT2D eigenvalue weighted by atomic mass is 79.9. The number of nitrogens with one attached hydrogen (secondary N) is 1. The lowest BCUT2D eigenvalue weighted by atomic mass is 10.1. The van der Waals surface area contributed by atoms with Crippen LogP contribution < -0.4 is 10.2 Å². The number of benzene rings is 2. The summed E-state index contributed by atoms with van der Waals surface area (Å²) in [7, 11) is 0. The van der Waals surface area contributed by atoms with E-state index in [-0.39, 0.29) is 22.6 Å². The second-order valence-electron chi connectivity index (χ2n) is 5.21. The molecule has 0 spiro atoms. The maximum Gasteiger partial charge on any atom is 0.277 e. The quantitative estimate of drug-likeness (QED) is 0.457. The first-order chi connectivity index (χ1) is 11.8. The first kappa shape index (κ1) is 19.3. The molecule has 2 aromatic carbocycles. The monoisotopic (exact) mass is 470 g/mol. The Hall–Kier alpha value is -2.06. The summed E-state index contributed by atoms with van der Waals surface area (Å²) >= 11 is 6.33. The molecule has 25 heavy (non-hydrogen) atoms. The van der Waals surface area contributed by atoms with Gasteiger partial charge in [-0.15, -0.1) is 0 Å². The average Bonchev–Trinajstić information content (AvgIpc) is 2.60. The summed E-state index contributed by atoms with van der Waals surface area (Å²) in [6.07, 6.45) is 1.30. The normalized spacial score (nSPS) is 10.9. The lowest BCUT2D eigenvalue weighted by molar-refractivity contribution is -0.123. The van der Waals surface area contributed by atoms with Crippen LogP contribution in [0.4, 0.5) is 0 Å². The number of hydrogen-bond acceptors (Lipinski definition) is 5. The summed E-state index contributed by atoms with van der Waals surface area (Å²) in [6, 6.07) is 7.37. The van der Waals surface area contributed by atoms with Crippen LogP contribution in [0, 0.1) is 13.8 Å². The second kappa shape index (κ2) is 8.35. The van der Waals surface area contributed by atoms with Crippen molar-refractivity contribution in [1.82, 2.24) is 5.43 Å². The van der Waals surface area contributed by atoms with Gasteiger partial charge >= 0.3 is 0 Å². The van der Waals surface area contributed by atoms with Crippen molar-refractivity contribution in [1.29, 1.82) is 0 Å². The highest BCUT2D eigenvalue weighted by Crippen LogP contribution is 2.43. The number of carbonyl (C=O) groups excluding carboxylic acids is 1. The molecule has 0 heterocycles. The molecule has 3 N–H and O–H groups in total. The molecule has 0 unspecified atom stereocenters. The van der Waals surface area contributed by atoms with Crippen molar-refractivity contribution >= 4 is 44.0 Å².